The van der Waals surface area contributed by atoms with E-state index in [-0.39, 0.29) is 17.2 Å². The van der Waals surface area contributed by atoms with Crippen molar-refractivity contribution in [2.75, 3.05) is 13.6 Å². The van der Waals surface area contributed by atoms with Gasteiger partial charge in [-0.3, -0.25) is 20.4 Å². The number of sulfonamides is 1. The highest BCUT2D eigenvalue weighted by atomic mass is 35.5. The molecular formula is C16H18ClN3O4S2. The van der Waals surface area contributed by atoms with Crippen LogP contribution >= 0.6 is 22.9 Å². The Bertz CT molecular complexity index is 852. The van der Waals surface area contributed by atoms with Gasteiger partial charge >= 0.3 is 0 Å². The zero-order chi connectivity index (χ0) is 19.2. The fourth-order valence-corrected chi connectivity index (χ4v) is 3.96. The number of aryl methyl sites for hydroxylation is 1. The Hall–Kier alpha value is -1.94. The van der Waals surface area contributed by atoms with Crippen LogP contribution in [-0.4, -0.2) is 38.1 Å². The third-order valence-corrected chi connectivity index (χ3v) is 6.25. The van der Waals surface area contributed by atoms with Crippen molar-refractivity contribution < 1.29 is 18.0 Å². The van der Waals surface area contributed by atoms with Crippen molar-refractivity contribution in [2.24, 2.45) is 0 Å². The molecule has 10 heteroatoms. The molecule has 0 aliphatic rings. The molecule has 0 spiro atoms. The van der Waals surface area contributed by atoms with Crippen LogP contribution in [0, 0.1) is 0 Å². The number of carbonyl (C=O) groups is 2. The molecule has 0 radical (unpaired) electrons. The van der Waals surface area contributed by atoms with Crippen molar-refractivity contribution in [3.63, 3.8) is 0 Å². The van der Waals surface area contributed by atoms with Gasteiger partial charge in [-0.05, 0) is 53.1 Å². The standard InChI is InChI=1S/C16H18ClN3O4S2/c1-20(26(23,24)14-5-3-13(17)4-6-14)10-16(22)19-18-15(21)7-2-12-8-9-25-11-12/h3-6,8-9,11H,2,7,10H2,1H3,(H,18,21)(H,19,22). The van der Waals surface area contributed by atoms with Gasteiger partial charge in [-0.15, -0.1) is 0 Å². The first-order chi connectivity index (χ1) is 12.3. The molecule has 0 saturated carbocycles. The number of amides is 2. The number of rotatable bonds is 7. The van der Waals surface area contributed by atoms with E-state index >= 15 is 0 Å². The van der Waals surface area contributed by atoms with Crippen LogP contribution in [-0.2, 0) is 26.0 Å². The van der Waals surface area contributed by atoms with E-state index in [1.807, 2.05) is 16.8 Å². The molecule has 1 heterocycles. The molecule has 1 aromatic heterocycles. The van der Waals surface area contributed by atoms with Crippen LogP contribution in [0.1, 0.15) is 12.0 Å². The number of carbonyl (C=O) groups excluding carboxylic acids is 2. The Balaban J connectivity index is 1.80. The zero-order valence-electron chi connectivity index (χ0n) is 13.9. The molecule has 0 atom stereocenters. The van der Waals surface area contributed by atoms with E-state index in [4.69, 9.17) is 11.6 Å². The van der Waals surface area contributed by atoms with Gasteiger partial charge in [0.2, 0.25) is 15.9 Å². The lowest BCUT2D eigenvalue weighted by atomic mass is 10.2. The number of nitrogens with one attached hydrogen (secondary N) is 2. The maximum Gasteiger partial charge on any atom is 0.253 e. The molecule has 26 heavy (non-hydrogen) atoms. The highest BCUT2D eigenvalue weighted by molar-refractivity contribution is 7.89. The second kappa shape index (κ2) is 9.13. The van der Waals surface area contributed by atoms with Crippen LogP contribution in [0.3, 0.4) is 0 Å². The van der Waals surface area contributed by atoms with Crippen LogP contribution in [0.25, 0.3) is 0 Å². The predicted molar refractivity (Wildman–Crippen MR) is 100 cm³/mol. The fraction of sp³-hybridized carbons (Fsp3) is 0.250. The third-order valence-electron chi connectivity index (χ3n) is 3.45. The average Bonchev–Trinajstić information content (AvgIpc) is 3.12. The lowest BCUT2D eigenvalue weighted by Gasteiger charge is -2.17. The van der Waals surface area contributed by atoms with Crippen molar-refractivity contribution >= 4 is 44.8 Å². The van der Waals surface area contributed by atoms with E-state index in [1.165, 1.54) is 31.3 Å². The van der Waals surface area contributed by atoms with E-state index in [9.17, 15) is 18.0 Å². The fourth-order valence-electron chi connectivity index (χ4n) is 2.01. The van der Waals surface area contributed by atoms with Gasteiger partial charge in [-0.2, -0.15) is 15.6 Å². The van der Waals surface area contributed by atoms with Gasteiger partial charge in [0.25, 0.3) is 5.91 Å². The number of benzene rings is 1. The first-order valence-corrected chi connectivity index (χ1v) is 10.4. The van der Waals surface area contributed by atoms with Gasteiger partial charge in [-0.25, -0.2) is 8.42 Å². The maximum atomic E-state index is 12.4. The van der Waals surface area contributed by atoms with Crippen molar-refractivity contribution in [1.82, 2.24) is 15.2 Å². The summed E-state index contributed by atoms with van der Waals surface area (Å²) in [6.45, 7) is -0.435. The molecule has 2 N–H and O–H groups in total. The second-order valence-corrected chi connectivity index (χ2v) is 8.70. The van der Waals surface area contributed by atoms with Gasteiger partial charge < -0.3 is 0 Å². The molecule has 0 aliphatic carbocycles. The van der Waals surface area contributed by atoms with Crippen LogP contribution < -0.4 is 10.9 Å². The Labute approximate surface area is 161 Å². The molecule has 2 amide bonds. The summed E-state index contributed by atoms with van der Waals surface area (Å²) in [4.78, 5) is 23.6. The smallest absolute Gasteiger partial charge is 0.253 e. The van der Waals surface area contributed by atoms with Crippen molar-refractivity contribution in [3.8, 4) is 0 Å². The number of thiophene rings is 1. The molecule has 0 bridgehead atoms. The van der Waals surface area contributed by atoms with Crippen molar-refractivity contribution in [3.05, 3.63) is 51.7 Å². The van der Waals surface area contributed by atoms with E-state index in [0.717, 1.165) is 9.87 Å². The molecule has 140 valence electrons. The minimum Gasteiger partial charge on any atom is -0.273 e. The van der Waals surface area contributed by atoms with Crippen molar-refractivity contribution in [1.29, 1.82) is 0 Å². The molecule has 1 aromatic carbocycles. The average molecular weight is 416 g/mol. The van der Waals surface area contributed by atoms with E-state index < -0.39 is 22.5 Å². The highest BCUT2D eigenvalue weighted by Gasteiger charge is 2.23. The first kappa shape index (κ1) is 20.4. The van der Waals surface area contributed by atoms with E-state index in [0.29, 0.717) is 11.4 Å². The topological polar surface area (TPSA) is 95.6 Å². The van der Waals surface area contributed by atoms with Crippen LogP contribution in [0.2, 0.25) is 5.02 Å². The summed E-state index contributed by atoms with van der Waals surface area (Å²) in [5.41, 5.74) is 5.53. The highest BCUT2D eigenvalue weighted by Crippen LogP contribution is 2.17. The summed E-state index contributed by atoms with van der Waals surface area (Å²) in [7, 11) is -2.55. The van der Waals surface area contributed by atoms with Gasteiger partial charge in [0, 0.05) is 18.5 Å². The largest absolute Gasteiger partial charge is 0.273 e. The van der Waals surface area contributed by atoms with Gasteiger partial charge in [-0.1, -0.05) is 11.6 Å². The lowest BCUT2D eigenvalue weighted by Crippen LogP contribution is -2.46. The summed E-state index contributed by atoms with van der Waals surface area (Å²) >= 11 is 7.29. The zero-order valence-corrected chi connectivity index (χ0v) is 16.3. The van der Waals surface area contributed by atoms with E-state index in [1.54, 1.807) is 11.3 Å². The van der Waals surface area contributed by atoms with Gasteiger partial charge in [0.1, 0.15) is 0 Å². The quantitative estimate of drug-likeness (QED) is 0.674. The molecule has 2 aromatic rings. The molecule has 2 rings (SSSR count). The van der Waals surface area contributed by atoms with Crippen LogP contribution in [0.5, 0.6) is 0 Å². The van der Waals surface area contributed by atoms with Gasteiger partial charge in [0.15, 0.2) is 0 Å². The van der Waals surface area contributed by atoms with E-state index in [2.05, 4.69) is 10.9 Å². The summed E-state index contributed by atoms with van der Waals surface area (Å²) in [5, 5.41) is 4.28. The summed E-state index contributed by atoms with van der Waals surface area (Å²) in [6.07, 6.45) is 0.784. The number of nitrogens with zero attached hydrogens (tertiary/aromatic N) is 1. The number of hydrazine groups is 1. The first-order valence-electron chi connectivity index (χ1n) is 7.59. The molecule has 0 aliphatic heterocycles. The molecule has 0 unspecified atom stereocenters. The molecule has 0 fully saturated rings. The molecule has 7 nitrogen and oxygen atoms in total. The number of hydrogen-bond acceptors (Lipinski definition) is 5. The summed E-state index contributed by atoms with van der Waals surface area (Å²) in [5.74, 6) is -0.998. The molecule has 0 saturated heterocycles. The Kier molecular flexibility index (Phi) is 7.15. The maximum absolute atomic E-state index is 12.4. The van der Waals surface area contributed by atoms with Crippen LogP contribution in [0.15, 0.2) is 46.0 Å². The van der Waals surface area contributed by atoms with Crippen molar-refractivity contribution in [2.45, 2.75) is 17.7 Å². The normalized spacial score (nSPS) is 11.3. The number of halogens is 1. The second-order valence-electron chi connectivity index (χ2n) is 5.44. The monoisotopic (exact) mass is 415 g/mol. The van der Waals surface area contributed by atoms with Gasteiger partial charge in [0.05, 0.1) is 11.4 Å². The molecular weight excluding hydrogens is 398 g/mol. The summed E-state index contributed by atoms with van der Waals surface area (Å²) in [6, 6.07) is 7.55. The third kappa shape index (κ3) is 5.80. The van der Waals surface area contributed by atoms with Crippen LogP contribution in [0.4, 0.5) is 0 Å². The minimum absolute atomic E-state index is 0.0250. The predicted octanol–water partition coefficient (Wildman–Crippen LogP) is 1.80. The Morgan fingerprint density at radius 1 is 1.12 bits per heavy atom. The number of hydrogen-bond donors (Lipinski definition) is 2. The number of likely N-dealkylation sites (N-methyl/N-ethyl adjacent to an activating group) is 1. The Morgan fingerprint density at radius 2 is 1.77 bits per heavy atom. The SMILES string of the molecule is CN(CC(=O)NNC(=O)CCc1ccsc1)S(=O)(=O)c1ccc(Cl)cc1. The summed E-state index contributed by atoms with van der Waals surface area (Å²) < 4.78 is 25.6. The minimum atomic E-state index is -3.83. The lowest BCUT2D eigenvalue weighted by molar-refractivity contribution is -0.128. The Morgan fingerprint density at radius 3 is 2.38 bits per heavy atom.